The Morgan fingerprint density at radius 2 is 2.07 bits per heavy atom. The van der Waals surface area contributed by atoms with Crippen LogP contribution in [0.15, 0.2) is 59.5 Å². The fourth-order valence-corrected chi connectivity index (χ4v) is 3.89. The number of hydrogen-bond acceptors (Lipinski definition) is 5. The van der Waals surface area contributed by atoms with Gasteiger partial charge in [-0.2, -0.15) is 10.2 Å². The van der Waals surface area contributed by atoms with E-state index in [0.717, 1.165) is 24.1 Å². The molecule has 0 aromatic carbocycles. The molecule has 5 rings (SSSR count). The second kappa shape index (κ2) is 7.98. The van der Waals surface area contributed by atoms with E-state index >= 15 is 0 Å². The van der Waals surface area contributed by atoms with Crippen LogP contribution in [0.25, 0.3) is 22.7 Å². The lowest BCUT2D eigenvalue weighted by atomic mass is 9.96. The first-order valence-electron chi connectivity index (χ1n) is 10.2. The second-order valence-corrected chi connectivity index (χ2v) is 7.48. The van der Waals surface area contributed by atoms with Gasteiger partial charge in [0.25, 0.3) is 5.91 Å². The number of pyridine rings is 1. The zero-order valence-corrected chi connectivity index (χ0v) is 16.4. The third-order valence-electron chi connectivity index (χ3n) is 5.45. The smallest absolute Gasteiger partial charge is 0.291 e. The predicted molar refractivity (Wildman–Crippen MR) is 112 cm³/mol. The summed E-state index contributed by atoms with van der Waals surface area (Å²) in [5, 5.41) is 14.4. The van der Waals surface area contributed by atoms with E-state index in [4.69, 9.17) is 9.52 Å². The molecule has 0 spiro atoms. The summed E-state index contributed by atoms with van der Waals surface area (Å²) in [7, 11) is 0. The highest BCUT2D eigenvalue weighted by Crippen LogP contribution is 2.32. The van der Waals surface area contributed by atoms with Gasteiger partial charge in [0, 0.05) is 18.6 Å². The average Bonchev–Trinajstić information content (AvgIpc) is 3.55. The summed E-state index contributed by atoms with van der Waals surface area (Å²) in [5.41, 5.74) is 2.80. The lowest BCUT2D eigenvalue weighted by Gasteiger charge is -2.21. The SMILES string of the molecule is O=C(Nc1cn(C2CCCCC2)nc1-c1ccccn1)c1ccc(-c2cn[nH]c2)o1. The van der Waals surface area contributed by atoms with E-state index in [1.54, 1.807) is 30.7 Å². The van der Waals surface area contributed by atoms with Gasteiger partial charge in [-0.05, 0) is 37.1 Å². The number of carbonyl (C=O) groups excluding carboxylic acids is 1. The molecule has 4 aromatic heterocycles. The van der Waals surface area contributed by atoms with Crippen molar-refractivity contribution in [2.75, 3.05) is 5.32 Å². The molecular formula is C22H22N6O2. The lowest BCUT2D eigenvalue weighted by molar-refractivity contribution is 0.0997. The maximum atomic E-state index is 12.9. The Kier molecular flexibility index (Phi) is 4.88. The van der Waals surface area contributed by atoms with Crippen molar-refractivity contribution < 1.29 is 9.21 Å². The van der Waals surface area contributed by atoms with Crippen LogP contribution in [0, 0.1) is 0 Å². The molecule has 1 fully saturated rings. The Morgan fingerprint density at radius 1 is 1.17 bits per heavy atom. The van der Waals surface area contributed by atoms with Gasteiger partial charge < -0.3 is 9.73 Å². The Bertz CT molecular complexity index is 1120. The van der Waals surface area contributed by atoms with Crippen LogP contribution in [0.5, 0.6) is 0 Å². The highest BCUT2D eigenvalue weighted by Gasteiger charge is 2.22. The van der Waals surface area contributed by atoms with E-state index in [1.807, 2.05) is 29.1 Å². The quantitative estimate of drug-likeness (QED) is 0.504. The van der Waals surface area contributed by atoms with Gasteiger partial charge in [-0.3, -0.25) is 19.6 Å². The largest absolute Gasteiger partial charge is 0.451 e. The minimum Gasteiger partial charge on any atom is -0.451 e. The summed E-state index contributed by atoms with van der Waals surface area (Å²) in [5.74, 6) is 0.477. The van der Waals surface area contributed by atoms with E-state index in [0.29, 0.717) is 23.2 Å². The number of carbonyl (C=O) groups is 1. The Morgan fingerprint density at radius 3 is 2.83 bits per heavy atom. The van der Waals surface area contributed by atoms with Crippen LogP contribution in [0.1, 0.15) is 48.7 Å². The van der Waals surface area contributed by atoms with E-state index in [-0.39, 0.29) is 11.7 Å². The summed E-state index contributed by atoms with van der Waals surface area (Å²) in [6.07, 6.45) is 12.9. The van der Waals surface area contributed by atoms with Crippen molar-refractivity contribution in [2.45, 2.75) is 38.1 Å². The molecule has 0 unspecified atom stereocenters. The van der Waals surface area contributed by atoms with Gasteiger partial charge in [-0.25, -0.2) is 0 Å². The van der Waals surface area contributed by atoms with Crippen molar-refractivity contribution in [1.82, 2.24) is 25.0 Å². The molecule has 2 N–H and O–H groups in total. The predicted octanol–water partition coefficient (Wildman–Crippen LogP) is 4.69. The van der Waals surface area contributed by atoms with E-state index < -0.39 is 0 Å². The molecule has 1 amide bonds. The minimum atomic E-state index is -0.329. The normalized spacial score (nSPS) is 14.7. The van der Waals surface area contributed by atoms with Gasteiger partial charge in [0.05, 0.1) is 29.2 Å². The highest BCUT2D eigenvalue weighted by atomic mass is 16.3. The summed E-state index contributed by atoms with van der Waals surface area (Å²) in [6.45, 7) is 0. The monoisotopic (exact) mass is 402 g/mol. The van der Waals surface area contributed by atoms with Crippen LogP contribution in [0.4, 0.5) is 5.69 Å². The second-order valence-electron chi connectivity index (χ2n) is 7.48. The molecule has 152 valence electrons. The summed E-state index contributed by atoms with van der Waals surface area (Å²) in [4.78, 5) is 17.3. The summed E-state index contributed by atoms with van der Waals surface area (Å²) < 4.78 is 7.70. The van der Waals surface area contributed by atoms with E-state index in [2.05, 4.69) is 20.5 Å². The van der Waals surface area contributed by atoms with Gasteiger partial charge >= 0.3 is 0 Å². The van der Waals surface area contributed by atoms with Crippen molar-refractivity contribution >= 4 is 11.6 Å². The van der Waals surface area contributed by atoms with E-state index in [9.17, 15) is 4.79 Å². The molecule has 0 radical (unpaired) electrons. The maximum absolute atomic E-state index is 12.9. The van der Waals surface area contributed by atoms with Gasteiger partial charge in [0.2, 0.25) is 0 Å². The molecule has 0 bridgehead atoms. The molecule has 8 nitrogen and oxygen atoms in total. The number of nitrogens with zero attached hydrogens (tertiary/aromatic N) is 4. The first-order valence-corrected chi connectivity index (χ1v) is 10.2. The van der Waals surface area contributed by atoms with Crippen LogP contribution < -0.4 is 5.32 Å². The van der Waals surface area contributed by atoms with Crippen LogP contribution in [-0.2, 0) is 0 Å². The Labute approximate surface area is 173 Å². The van der Waals surface area contributed by atoms with Crippen LogP contribution in [0.3, 0.4) is 0 Å². The van der Waals surface area contributed by atoms with Gasteiger partial charge in [0.15, 0.2) is 5.76 Å². The number of aromatic nitrogens is 5. The van der Waals surface area contributed by atoms with Gasteiger partial charge in [-0.1, -0.05) is 25.3 Å². The van der Waals surface area contributed by atoms with Crippen LogP contribution in [0.2, 0.25) is 0 Å². The molecule has 4 heterocycles. The highest BCUT2D eigenvalue weighted by molar-refractivity contribution is 6.04. The number of H-pyrrole nitrogens is 1. The van der Waals surface area contributed by atoms with Crippen LogP contribution in [-0.4, -0.2) is 30.9 Å². The minimum absolute atomic E-state index is 0.226. The molecular weight excluding hydrogens is 380 g/mol. The van der Waals surface area contributed by atoms with Crippen molar-refractivity contribution in [3.05, 3.63) is 60.9 Å². The molecule has 1 saturated carbocycles. The zero-order chi connectivity index (χ0) is 20.3. The standard InChI is InChI=1S/C22H22N6O2/c29-22(20-10-9-19(30-20)15-12-24-25-13-15)26-18-14-28(16-6-2-1-3-7-16)27-21(18)17-8-4-5-11-23-17/h4-5,8-14,16H,1-3,6-7H2,(H,24,25)(H,26,29). The zero-order valence-electron chi connectivity index (χ0n) is 16.4. The molecule has 4 aromatic rings. The summed E-state index contributed by atoms with van der Waals surface area (Å²) >= 11 is 0. The fourth-order valence-electron chi connectivity index (χ4n) is 3.89. The number of rotatable bonds is 5. The van der Waals surface area contributed by atoms with E-state index in [1.165, 1.54) is 19.3 Å². The number of nitrogens with one attached hydrogen (secondary N) is 2. The molecule has 30 heavy (non-hydrogen) atoms. The Balaban J connectivity index is 1.44. The molecule has 0 aliphatic heterocycles. The number of amides is 1. The number of anilines is 1. The molecule has 0 saturated heterocycles. The molecule has 1 aliphatic rings. The van der Waals surface area contributed by atoms with Crippen LogP contribution >= 0.6 is 0 Å². The molecule has 1 aliphatic carbocycles. The van der Waals surface area contributed by atoms with Crippen molar-refractivity contribution in [3.63, 3.8) is 0 Å². The number of hydrogen-bond donors (Lipinski definition) is 2. The first kappa shape index (κ1) is 18.4. The topological polar surface area (TPSA) is 102 Å². The lowest BCUT2D eigenvalue weighted by Crippen LogP contribution is -2.13. The molecule has 8 heteroatoms. The number of furan rings is 1. The summed E-state index contributed by atoms with van der Waals surface area (Å²) in [6, 6.07) is 9.43. The maximum Gasteiger partial charge on any atom is 0.291 e. The van der Waals surface area contributed by atoms with Crippen molar-refractivity contribution in [2.24, 2.45) is 0 Å². The van der Waals surface area contributed by atoms with Gasteiger partial charge in [-0.15, -0.1) is 0 Å². The third-order valence-corrected chi connectivity index (χ3v) is 5.45. The Hall–Kier alpha value is -3.68. The van der Waals surface area contributed by atoms with Gasteiger partial charge in [0.1, 0.15) is 11.5 Å². The first-order chi connectivity index (χ1) is 14.8. The molecule has 0 atom stereocenters. The average molecular weight is 402 g/mol. The van der Waals surface area contributed by atoms with Crippen molar-refractivity contribution in [1.29, 1.82) is 0 Å². The third kappa shape index (κ3) is 3.63. The number of aromatic amines is 1. The van der Waals surface area contributed by atoms with Crippen molar-refractivity contribution in [3.8, 4) is 22.7 Å². The fraction of sp³-hybridized carbons (Fsp3) is 0.273.